The molecule has 0 fully saturated rings. The molecule has 2 rings (SSSR count). The fourth-order valence-electron chi connectivity index (χ4n) is 1.16. The lowest BCUT2D eigenvalue weighted by Crippen LogP contribution is -1.92. The third-order valence-electron chi connectivity index (χ3n) is 1.70. The van der Waals surface area contributed by atoms with Gasteiger partial charge < -0.3 is 9.72 Å². The Morgan fingerprint density at radius 1 is 1.54 bits per heavy atom. The molecule has 0 spiro atoms. The number of imidazole rings is 1. The van der Waals surface area contributed by atoms with Gasteiger partial charge in [0.2, 0.25) is 0 Å². The van der Waals surface area contributed by atoms with Gasteiger partial charge in [0.1, 0.15) is 0 Å². The van der Waals surface area contributed by atoms with Gasteiger partial charge in [0.25, 0.3) is 6.01 Å². The number of halogens is 1. The van der Waals surface area contributed by atoms with Gasteiger partial charge in [-0.1, -0.05) is 11.6 Å². The lowest BCUT2D eigenvalue weighted by atomic mass is 10.3. The molecule has 68 valence electrons. The second-order valence-corrected chi connectivity index (χ2v) is 3.07. The first-order valence-electron chi connectivity index (χ1n) is 4.07. The molecule has 0 saturated carbocycles. The van der Waals surface area contributed by atoms with E-state index in [0.29, 0.717) is 17.6 Å². The third kappa shape index (κ3) is 1.60. The van der Waals surface area contributed by atoms with E-state index in [1.165, 1.54) is 0 Å². The van der Waals surface area contributed by atoms with E-state index in [4.69, 9.17) is 16.3 Å². The topological polar surface area (TPSA) is 37.9 Å². The number of rotatable bonds is 2. The summed E-state index contributed by atoms with van der Waals surface area (Å²) in [7, 11) is 0. The normalized spacial score (nSPS) is 10.6. The quantitative estimate of drug-likeness (QED) is 0.802. The largest absolute Gasteiger partial charge is 0.465 e. The monoisotopic (exact) mass is 196 g/mol. The Balaban J connectivity index is 2.49. The molecule has 0 atom stereocenters. The number of benzene rings is 1. The van der Waals surface area contributed by atoms with Crippen molar-refractivity contribution in [2.45, 2.75) is 6.92 Å². The number of nitrogens with one attached hydrogen (secondary N) is 1. The van der Waals surface area contributed by atoms with E-state index in [2.05, 4.69) is 9.97 Å². The molecule has 0 saturated heterocycles. The highest BCUT2D eigenvalue weighted by Gasteiger charge is 2.02. The molecule has 1 N–H and O–H groups in total. The van der Waals surface area contributed by atoms with Crippen LogP contribution in [0.4, 0.5) is 0 Å². The van der Waals surface area contributed by atoms with Crippen LogP contribution in [0.1, 0.15) is 6.92 Å². The van der Waals surface area contributed by atoms with E-state index in [9.17, 15) is 0 Å². The van der Waals surface area contributed by atoms with Crippen LogP contribution in [0.3, 0.4) is 0 Å². The second-order valence-electron chi connectivity index (χ2n) is 2.64. The van der Waals surface area contributed by atoms with E-state index in [-0.39, 0.29) is 0 Å². The van der Waals surface area contributed by atoms with Crippen LogP contribution in [0.2, 0.25) is 5.02 Å². The van der Waals surface area contributed by atoms with Crippen LogP contribution in [0.15, 0.2) is 18.2 Å². The number of fused-ring (bicyclic) bond motifs is 1. The Labute approximate surface area is 80.7 Å². The molecule has 0 radical (unpaired) electrons. The predicted octanol–water partition coefficient (Wildman–Crippen LogP) is 2.62. The van der Waals surface area contributed by atoms with Crippen LogP contribution in [-0.2, 0) is 0 Å². The molecule has 13 heavy (non-hydrogen) atoms. The summed E-state index contributed by atoms with van der Waals surface area (Å²) in [6.07, 6.45) is 0. The minimum Gasteiger partial charge on any atom is -0.465 e. The summed E-state index contributed by atoms with van der Waals surface area (Å²) >= 11 is 5.82. The van der Waals surface area contributed by atoms with Gasteiger partial charge in [0, 0.05) is 5.02 Å². The molecule has 0 aliphatic carbocycles. The van der Waals surface area contributed by atoms with Crippen LogP contribution in [0, 0.1) is 0 Å². The lowest BCUT2D eigenvalue weighted by Gasteiger charge is -1.93. The summed E-state index contributed by atoms with van der Waals surface area (Å²) in [4.78, 5) is 7.23. The van der Waals surface area contributed by atoms with Crippen molar-refractivity contribution < 1.29 is 4.74 Å². The highest BCUT2D eigenvalue weighted by molar-refractivity contribution is 6.31. The summed E-state index contributed by atoms with van der Waals surface area (Å²) in [6.45, 7) is 2.52. The zero-order chi connectivity index (χ0) is 9.26. The molecule has 1 aromatic carbocycles. The van der Waals surface area contributed by atoms with Crippen LogP contribution < -0.4 is 4.74 Å². The number of nitrogens with zero attached hydrogens (tertiary/aromatic N) is 1. The van der Waals surface area contributed by atoms with Gasteiger partial charge in [-0.05, 0) is 25.1 Å². The maximum atomic E-state index is 5.82. The molecular weight excluding hydrogens is 188 g/mol. The van der Waals surface area contributed by atoms with E-state index < -0.39 is 0 Å². The van der Waals surface area contributed by atoms with Crippen molar-refractivity contribution in [3.05, 3.63) is 23.2 Å². The van der Waals surface area contributed by atoms with E-state index in [0.717, 1.165) is 11.0 Å². The van der Waals surface area contributed by atoms with Crippen molar-refractivity contribution in [1.82, 2.24) is 9.97 Å². The average Bonchev–Trinajstić information content (AvgIpc) is 2.46. The van der Waals surface area contributed by atoms with Crippen molar-refractivity contribution >= 4 is 22.6 Å². The molecule has 0 unspecified atom stereocenters. The maximum Gasteiger partial charge on any atom is 0.294 e. The van der Waals surface area contributed by atoms with Crippen LogP contribution >= 0.6 is 11.6 Å². The first-order chi connectivity index (χ1) is 6.29. The fourth-order valence-corrected chi connectivity index (χ4v) is 1.34. The summed E-state index contributed by atoms with van der Waals surface area (Å²) in [6, 6.07) is 6.03. The molecule has 0 aliphatic rings. The number of ether oxygens (including phenoxy) is 1. The minimum absolute atomic E-state index is 0.541. The van der Waals surface area contributed by atoms with Crippen molar-refractivity contribution in [2.24, 2.45) is 0 Å². The van der Waals surface area contributed by atoms with Crippen molar-refractivity contribution in [3.63, 3.8) is 0 Å². The lowest BCUT2D eigenvalue weighted by molar-refractivity contribution is 0.317. The highest BCUT2D eigenvalue weighted by Crippen LogP contribution is 2.19. The molecule has 4 heteroatoms. The Bertz CT molecular complexity index is 424. The summed E-state index contributed by atoms with van der Waals surface area (Å²) in [5.41, 5.74) is 1.77. The number of aromatic amines is 1. The van der Waals surface area contributed by atoms with Gasteiger partial charge in [0.05, 0.1) is 17.6 Å². The highest BCUT2D eigenvalue weighted by atomic mass is 35.5. The summed E-state index contributed by atoms with van der Waals surface area (Å²) in [5.74, 6) is 0. The Hall–Kier alpha value is -1.22. The first kappa shape index (κ1) is 8.38. The average molecular weight is 197 g/mol. The smallest absolute Gasteiger partial charge is 0.294 e. The minimum atomic E-state index is 0.541. The van der Waals surface area contributed by atoms with Gasteiger partial charge >= 0.3 is 0 Å². The van der Waals surface area contributed by atoms with Crippen molar-refractivity contribution in [3.8, 4) is 6.01 Å². The van der Waals surface area contributed by atoms with Crippen LogP contribution in [-0.4, -0.2) is 16.6 Å². The molecule has 1 aromatic heterocycles. The van der Waals surface area contributed by atoms with E-state index in [1.54, 1.807) is 6.07 Å². The van der Waals surface area contributed by atoms with Gasteiger partial charge in [-0.25, -0.2) is 0 Å². The standard InChI is InChI=1S/C9H9ClN2O/c1-2-13-9-11-7-4-3-6(10)5-8(7)12-9/h3-5H,2H2,1H3,(H,11,12). The maximum absolute atomic E-state index is 5.82. The second kappa shape index (κ2) is 3.26. The predicted molar refractivity (Wildman–Crippen MR) is 52.3 cm³/mol. The molecule has 2 aromatic rings. The number of hydrogen-bond acceptors (Lipinski definition) is 2. The Morgan fingerprint density at radius 2 is 2.38 bits per heavy atom. The van der Waals surface area contributed by atoms with Crippen molar-refractivity contribution in [1.29, 1.82) is 0 Å². The first-order valence-corrected chi connectivity index (χ1v) is 4.45. The number of aromatic nitrogens is 2. The van der Waals surface area contributed by atoms with Crippen LogP contribution in [0.5, 0.6) is 6.01 Å². The van der Waals surface area contributed by atoms with Gasteiger partial charge in [-0.2, -0.15) is 4.98 Å². The van der Waals surface area contributed by atoms with Gasteiger partial charge in [0.15, 0.2) is 0 Å². The number of hydrogen-bond donors (Lipinski definition) is 1. The third-order valence-corrected chi connectivity index (χ3v) is 1.94. The number of H-pyrrole nitrogens is 1. The Kier molecular flexibility index (Phi) is 2.10. The Morgan fingerprint density at radius 3 is 3.15 bits per heavy atom. The molecule has 0 aliphatic heterocycles. The van der Waals surface area contributed by atoms with E-state index >= 15 is 0 Å². The molecule has 0 bridgehead atoms. The van der Waals surface area contributed by atoms with Gasteiger partial charge in [-0.3, -0.25) is 0 Å². The SMILES string of the molecule is CCOc1nc2ccc(Cl)cc2[nH]1. The zero-order valence-electron chi connectivity index (χ0n) is 7.17. The molecular formula is C9H9ClN2O. The van der Waals surface area contributed by atoms with E-state index in [1.807, 2.05) is 19.1 Å². The zero-order valence-corrected chi connectivity index (χ0v) is 7.93. The van der Waals surface area contributed by atoms with Gasteiger partial charge in [-0.15, -0.1) is 0 Å². The fraction of sp³-hybridized carbons (Fsp3) is 0.222. The molecule has 0 amide bonds. The van der Waals surface area contributed by atoms with Crippen LogP contribution in [0.25, 0.3) is 11.0 Å². The molecule has 3 nitrogen and oxygen atoms in total. The summed E-state index contributed by atoms with van der Waals surface area (Å²) in [5, 5.41) is 0.694. The van der Waals surface area contributed by atoms with Crippen molar-refractivity contribution in [2.75, 3.05) is 6.61 Å². The summed E-state index contributed by atoms with van der Waals surface area (Å²) < 4.78 is 5.22. The molecule has 1 heterocycles.